The second-order valence-electron chi connectivity index (χ2n) is 4.40. The molecular weight excluding hydrogens is 368 g/mol. The Morgan fingerprint density at radius 1 is 1.14 bits per heavy atom. The van der Waals surface area contributed by atoms with Gasteiger partial charge in [-0.25, -0.2) is 4.79 Å². The SMILES string of the molecule is O=C(C=Cc1cccc(Br)c1)OCC(=O)c1ccccc1Cl. The fourth-order valence-electron chi connectivity index (χ4n) is 1.72. The lowest BCUT2D eigenvalue weighted by Gasteiger charge is -2.03. The van der Waals surface area contributed by atoms with E-state index >= 15 is 0 Å². The Kier molecular flexibility index (Phi) is 5.92. The molecular formula is C17H12BrClO3. The molecule has 3 nitrogen and oxygen atoms in total. The van der Waals surface area contributed by atoms with Crippen molar-refractivity contribution in [3.05, 3.63) is 75.2 Å². The van der Waals surface area contributed by atoms with Crippen LogP contribution in [-0.2, 0) is 9.53 Å². The van der Waals surface area contributed by atoms with Gasteiger partial charge in [-0.1, -0.05) is 51.8 Å². The predicted octanol–water partition coefficient (Wildman–Crippen LogP) is 4.54. The molecule has 0 spiro atoms. The zero-order valence-corrected chi connectivity index (χ0v) is 13.8. The standard InChI is InChI=1S/C17H12BrClO3/c18-13-5-3-4-12(10-13)8-9-17(21)22-11-16(20)14-6-1-2-7-15(14)19/h1-10H,11H2. The average molecular weight is 380 g/mol. The molecule has 0 saturated carbocycles. The molecule has 0 unspecified atom stereocenters. The topological polar surface area (TPSA) is 43.4 Å². The van der Waals surface area contributed by atoms with E-state index in [1.54, 1.807) is 30.3 Å². The summed E-state index contributed by atoms with van der Waals surface area (Å²) in [4.78, 5) is 23.5. The smallest absolute Gasteiger partial charge is 0.331 e. The summed E-state index contributed by atoms with van der Waals surface area (Å²) in [5.41, 5.74) is 1.19. The van der Waals surface area contributed by atoms with E-state index in [0.29, 0.717) is 10.6 Å². The Morgan fingerprint density at radius 3 is 2.64 bits per heavy atom. The Morgan fingerprint density at radius 2 is 1.91 bits per heavy atom. The van der Waals surface area contributed by atoms with Gasteiger partial charge in [-0.05, 0) is 35.9 Å². The number of esters is 1. The van der Waals surface area contributed by atoms with Crippen LogP contribution in [0.5, 0.6) is 0 Å². The summed E-state index contributed by atoms with van der Waals surface area (Å²) < 4.78 is 5.83. The van der Waals surface area contributed by atoms with Gasteiger partial charge in [0, 0.05) is 16.1 Å². The third-order valence-electron chi connectivity index (χ3n) is 2.78. The van der Waals surface area contributed by atoms with E-state index in [2.05, 4.69) is 15.9 Å². The number of hydrogen-bond donors (Lipinski definition) is 0. The van der Waals surface area contributed by atoms with Crippen LogP contribution in [0.4, 0.5) is 0 Å². The van der Waals surface area contributed by atoms with Gasteiger partial charge in [0.05, 0.1) is 5.02 Å². The third kappa shape index (κ3) is 4.83. The van der Waals surface area contributed by atoms with Crippen molar-refractivity contribution in [2.45, 2.75) is 0 Å². The van der Waals surface area contributed by atoms with Gasteiger partial charge < -0.3 is 4.74 Å². The first-order chi connectivity index (χ1) is 10.6. The molecule has 0 saturated heterocycles. The van der Waals surface area contributed by atoms with E-state index in [0.717, 1.165) is 10.0 Å². The number of halogens is 2. The van der Waals surface area contributed by atoms with Crippen molar-refractivity contribution in [1.82, 2.24) is 0 Å². The second-order valence-corrected chi connectivity index (χ2v) is 5.72. The fraction of sp³-hybridized carbons (Fsp3) is 0.0588. The van der Waals surface area contributed by atoms with Gasteiger partial charge in [-0.2, -0.15) is 0 Å². The molecule has 0 amide bonds. The Labute approximate surface area is 141 Å². The molecule has 0 aromatic heterocycles. The highest BCUT2D eigenvalue weighted by Crippen LogP contribution is 2.15. The first kappa shape index (κ1) is 16.5. The van der Waals surface area contributed by atoms with Crippen LogP contribution in [0, 0.1) is 0 Å². The monoisotopic (exact) mass is 378 g/mol. The number of carbonyl (C=O) groups excluding carboxylic acids is 2. The van der Waals surface area contributed by atoms with Crippen LogP contribution in [0.25, 0.3) is 6.08 Å². The van der Waals surface area contributed by atoms with Crippen LogP contribution in [0.1, 0.15) is 15.9 Å². The van der Waals surface area contributed by atoms with Crippen molar-refractivity contribution >= 4 is 45.4 Å². The van der Waals surface area contributed by atoms with E-state index in [1.165, 1.54) is 6.08 Å². The number of rotatable bonds is 5. The van der Waals surface area contributed by atoms with Crippen LogP contribution in [0.2, 0.25) is 5.02 Å². The largest absolute Gasteiger partial charge is 0.454 e. The summed E-state index contributed by atoms with van der Waals surface area (Å²) in [6.45, 7) is -0.342. The predicted molar refractivity (Wildman–Crippen MR) is 89.9 cm³/mol. The molecule has 0 aliphatic rings. The molecule has 112 valence electrons. The van der Waals surface area contributed by atoms with Crippen LogP contribution in [0.3, 0.4) is 0 Å². The fourth-order valence-corrected chi connectivity index (χ4v) is 2.38. The maximum Gasteiger partial charge on any atom is 0.331 e. The van der Waals surface area contributed by atoms with Crippen LogP contribution in [-0.4, -0.2) is 18.4 Å². The number of benzene rings is 2. The first-order valence-corrected chi connectivity index (χ1v) is 7.61. The molecule has 0 aliphatic carbocycles. The Bertz CT molecular complexity index is 725. The molecule has 2 aromatic carbocycles. The summed E-state index contributed by atoms with van der Waals surface area (Å²) in [7, 11) is 0. The van der Waals surface area contributed by atoms with Crippen molar-refractivity contribution in [3.8, 4) is 0 Å². The zero-order chi connectivity index (χ0) is 15.9. The van der Waals surface area contributed by atoms with Gasteiger partial charge in [-0.3, -0.25) is 4.79 Å². The van der Waals surface area contributed by atoms with E-state index in [1.807, 2.05) is 24.3 Å². The van der Waals surface area contributed by atoms with E-state index in [4.69, 9.17) is 16.3 Å². The van der Waals surface area contributed by atoms with Gasteiger partial charge in [0.25, 0.3) is 0 Å². The zero-order valence-electron chi connectivity index (χ0n) is 11.5. The van der Waals surface area contributed by atoms with Crippen LogP contribution < -0.4 is 0 Å². The van der Waals surface area contributed by atoms with Crippen LogP contribution in [0.15, 0.2) is 59.1 Å². The molecule has 2 aromatic rings. The third-order valence-corrected chi connectivity index (χ3v) is 3.60. The molecule has 0 radical (unpaired) electrons. The molecule has 0 fully saturated rings. The lowest BCUT2D eigenvalue weighted by atomic mass is 10.1. The van der Waals surface area contributed by atoms with Crippen molar-refractivity contribution in [2.24, 2.45) is 0 Å². The van der Waals surface area contributed by atoms with Crippen LogP contribution >= 0.6 is 27.5 Å². The minimum atomic E-state index is -0.583. The van der Waals surface area contributed by atoms with Crippen molar-refractivity contribution in [3.63, 3.8) is 0 Å². The van der Waals surface area contributed by atoms with E-state index < -0.39 is 5.97 Å². The van der Waals surface area contributed by atoms with E-state index in [9.17, 15) is 9.59 Å². The molecule has 5 heteroatoms. The van der Waals surface area contributed by atoms with Crippen molar-refractivity contribution < 1.29 is 14.3 Å². The van der Waals surface area contributed by atoms with Crippen molar-refractivity contribution in [1.29, 1.82) is 0 Å². The Balaban J connectivity index is 1.90. The lowest BCUT2D eigenvalue weighted by Crippen LogP contribution is -2.12. The number of Topliss-reactive ketones (excluding diaryl/α,β-unsaturated/α-hetero) is 1. The van der Waals surface area contributed by atoms with E-state index in [-0.39, 0.29) is 12.4 Å². The van der Waals surface area contributed by atoms with Gasteiger partial charge in [0.15, 0.2) is 6.61 Å². The molecule has 22 heavy (non-hydrogen) atoms. The molecule has 0 N–H and O–H groups in total. The summed E-state index contributed by atoms with van der Waals surface area (Å²) in [6.07, 6.45) is 2.90. The number of carbonyl (C=O) groups is 2. The molecule has 0 heterocycles. The van der Waals surface area contributed by atoms with Gasteiger partial charge in [-0.15, -0.1) is 0 Å². The maximum atomic E-state index is 11.9. The molecule has 0 bridgehead atoms. The molecule has 2 rings (SSSR count). The quantitative estimate of drug-likeness (QED) is 0.435. The first-order valence-electron chi connectivity index (χ1n) is 6.44. The molecule has 0 atom stereocenters. The minimum absolute atomic E-state index is 0.338. The highest BCUT2D eigenvalue weighted by Gasteiger charge is 2.11. The Hall–Kier alpha value is -1.91. The van der Waals surface area contributed by atoms with Gasteiger partial charge >= 0.3 is 5.97 Å². The van der Waals surface area contributed by atoms with Gasteiger partial charge in [0.2, 0.25) is 5.78 Å². The highest BCUT2D eigenvalue weighted by molar-refractivity contribution is 9.10. The number of hydrogen-bond acceptors (Lipinski definition) is 3. The maximum absolute atomic E-state index is 11.9. The minimum Gasteiger partial charge on any atom is -0.454 e. The normalized spacial score (nSPS) is 10.6. The summed E-state index contributed by atoms with van der Waals surface area (Å²) in [5.74, 6) is -0.921. The number of ether oxygens (including phenoxy) is 1. The molecule has 0 aliphatic heterocycles. The highest BCUT2D eigenvalue weighted by atomic mass is 79.9. The lowest BCUT2D eigenvalue weighted by molar-refractivity contribution is -0.136. The average Bonchev–Trinajstić information content (AvgIpc) is 2.51. The summed E-state index contributed by atoms with van der Waals surface area (Å²) in [6, 6.07) is 14.1. The van der Waals surface area contributed by atoms with Gasteiger partial charge in [0.1, 0.15) is 0 Å². The summed E-state index contributed by atoms with van der Waals surface area (Å²) >= 11 is 9.26. The van der Waals surface area contributed by atoms with Crippen molar-refractivity contribution in [2.75, 3.05) is 6.61 Å². The summed E-state index contributed by atoms with van der Waals surface area (Å²) in [5, 5.41) is 0.341. The second kappa shape index (κ2) is 7.92. The number of ketones is 1.